The quantitative estimate of drug-likeness (QED) is 0.356. The molecule has 3 fully saturated rings. The number of aromatic nitrogens is 3. The molecule has 1 saturated carbocycles. The van der Waals surface area contributed by atoms with Crippen LogP contribution in [-0.2, 0) is 10.0 Å². The van der Waals surface area contributed by atoms with E-state index in [9.17, 15) is 22.0 Å². The van der Waals surface area contributed by atoms with E-state index in [1.165, 1.54) is 12.8 Å². The maximum absolute atomic E-state index is 13.8. The molecule has 1 amide bonds. The molecule has 3 aliphatic rings. The Morgan fingerprint density at radius 3 is 2.40 bits per heavy atom. The molecule has 0 atom stereocenters. The summed E-state index contributed by atoms with van der Waals surface area (Å²) in [5.74, 6) is -2.91. The van der Waals surface area contributed by atoms with Crippen molar-refractivity contribution < 1.29 is 27.1 Å². The average Bonchev–Trinajstić information content (AvgIpc) is 3.51. The summed E-state index contributed by atoms with van der Waals surface area (Å²) in [6.07, 6.45) is 8.80. The van der Waals surface area contributed by atoms with Gasteiger partial charge in [-0.2, -0.15) is 0 Å². The van der Waals surface area contributed by atoms with E-state index < -0.39 is 34.2 Å². The Labute approximate surface area is 243 Å². The number of aliphatic hydroxyl groups excluding tert-OH is 1. The lowest BCUT2D eigenvalue weighted by molar-refractivity contribution is -0.0221. The van der Waals surface area contributed by atoms with Crippen LogP contribution in [0.1, 0.15) is 54.4 Å². The fourth-order valence-electron chi connectivity index (χ4n) is 5.90. The SMILES string of the molecule is Cc1cc(C(=O)Nc2cn3ccnc3c(N3CCC(F)(F)CC3)n2)c(N2CCC3(CC2)CC3)cc1NS(=O)(=O)CCO. The molecule has 1 spiro atoms. The highest BCUT2D eigenvalue weighted by Gasteiger charge is 2.44. The number of nitrogens with zero attached hydrogens (tertiary/aromatic N) is 5. The van der Waals surface area contributed by atoms with Gasteiger partial charge in [-0.1, -0.05) is 0 Å². The summed E-state index contributed by atoms with van der Waals surface area (Å²) in [6, 6.07) is 3.35. The van der Waals surface area contributed by atoms with Crippen LogP contribution < -0.4 is 19.8 Å². The van der Waals surface area contributed by atoms with E-state index >= 15 is 0 Å². The van der Waals surface area contributed by atoms with Gasteiger partial charge in [-0.3, -0.25) is 9.52 Å². The lowest BCUT2D eigenvalue weighted by atomic mass is 9.92. The largest absolute Gasteiger partial charge is 0.395 e. The minimum Gasteiger partial charge on any atom is -0.395 e. The second kappa shape index (κ2) is 10.6. The third-order valence-corrected chi connectivity index (χ3v) is 9.98. The van der Waals surface area contributed by atoms with E-state index in [1.54, 1.807) is 46.9 Å². The summed E-state index contributed by atoms with van der Waals surface area (Å²) in [4.78, 5) is 26.7. The van der Waals surface area contributed by atoms with Gasteiger partial charge >= 0.3 is 0 Å². The van der Waals surface area contributed by atoms with E-state index in [4.69, 9.17) is 5.11 Å². The maximum atomic E-state index is 13.8. The summed E-state index contributed by atoms with van der Waals surface area (Å²) in [7, 11) is -3.77. The number of sulfonamides is 1. The lowest BCUT2D eigenvalue weighted by Gasteiger charge is -2.35. The van der Waals surface area contributed by atoms with Crippen molar-refractivity contribution in [2.24, 2.45) is 5.41 Å². The second-order valence-corrected chi connectivity index (χ2v) is 13.6. The number of aryl methyl sites for hydroxylation is 1. The van der Waals surface area contributed by atoms with Crippen LogP contribution in [0.25, 0.3) is 5.65 Å². The number of rotatable bonds is 8. The first-order valence-corrected chi connectivity index (χ1v) is 15.9. The van der Waals surface area contributed by atoms with Gasteiger partial charge in [0, 0.05) is 51.4 Å². The molecule has 2 aliphatic heterocycles. The Bertz CT molecular complexity index is 1600. The molecule has 42 heavy (non-hydrogen) atoms. The number of hydrogen-bond acceptors (Lipinski definition) is 8. The van der Waals surface area contributed by atoms with Crippen LogP contribution in [0.5, 0.6) is 0 Å². The van der Waals surface area contributed by atoms with Crippen molar-refractivity contribution >= 4 is 44.6 Å². The molecule has 14 heteroatoms. The van der Waals surface area contributed by atoms with Gasteiger partial charge in [0.05, 0.1) is 35.5 Å². The van der Waals surface area contributed by atoms with Crippen LogP contribution in [0.4, 0.5) is 31.8 Å². The van der Waals surface area contributed by atoms with E-state index in [1.807, 2.05) is 0 Å². The number of amides is 1. The number of carbonyl (C=O) groups is 1. The molecule has 11 nitrogen and oxygen atoms in total. The highest BCUT2D eigenvalue weighted by molar-refractivity contribution is 7.92. The highest BCUT2D eigenvalue weighted by Crippen LogP contribution is 2.54. The average molecular weight is 604 g/mol. The zero-order valence-corrected chi connectivity index (χ0v) is 24.3. The van der Waals surface area contributed by atoms with E-state index in [0.29, 0.717) is 39.4 Å². The van der Waals surface area contributed by atoms with Crippen LogP contribution in [0.2, 0.25) is 0 Å². The zero-order valence-electron chi connectivity index (χ0n) is 23.4. The van der Waals surface area contributed by atoms with Crippen molar-refractivity contribution in [2.45, 2.75) is 51.4 Å². The molecule has 226 valence electrons. The third kappa shape index (κ3) is 5.87. The van der Waals surface area contributed by atoms with Gasteiger partial charge in [0.2, 0.25) is 10.0 Å². The van der Waals surface area contributed by atoms with Crippen LogP contribution in [0.3, 0.4) is 0 Å². The number of piperidine rings is 2. The smallest absolute Gasteiger partial charge is 0.258 e. The number of carbonyl (C=O) groups excluding carboxylic acids is 1. The van der Waals surface area contributed by atoms with Crippen molar-refractivity contribution in [2.75, 3.05) is 58.4 Å². The van der Waals surface area contributed by atoms with E-state index in [0.717, 1.165) is 25.9 Å². The van der Waals surface area contributed by atoms with E-state index in [-0.39, 0.29) is 31.7 Å². The maximum Gasteiger partial charge on any atom is 0.258 e. The molecular formula is C28H35F2N7O4S. The van der Waals surface area contributed by atoms with Crippen LogP contribution in [0.15, 0.2) is 30.7 Å². The summed E-state index contributed by atoms with van der Waals surface area (Å²) < 4.78 is 56.8. The number of alkyl halides is 2. The molecule has 3 N–H and O–H groups in total. The van der Waals surface area contributed by atoms with Gasteiger partial charge in [-0.05, 0) is 55.7 Å². The second-order valence-electron chi connectivity index (χ2n) is 11.7. The first-order valence-electron chi connectivity index (χ1n) is 14.3. The lowest BCUT2D eigenvalue weighted by Crippen LogP contribution is -2.40. The Hall–Kier alpha value is -3.52. The normalized spacial score (nSPS) is 19.7. The minimum atomic E-state index is -3.77. The number of aliphatic hydroxyl groups is 1. The molecular weight excluding hydrogens is 568 g/mol. The zero-order chi connectivity index (χ0) is 29.7. The topological polar surface area (TPSA) is 132 Å². The monoisotopic (exact) mass is 603 g/mol. The number of anilines is 4. The molecule has 2 aromatic heterocycles. The first-order chi connectivity index (χ1) is 20.0. The van der Waals surface area contributed by atoms with Gasteiger partial charge in [-0.25, -0.2) is 27.2 Å². The number of hydrogen-bond donors (Lipinski definition) is 3. The van der Waals surface area contributed by atoms with Gasteiger partial charge < -0.3 is 24.6 Å². The highest BCUT2D eigenvalue weighted by atomic mass is 32.2. The Kier molecular flexibility index (Phi) is 7.24. The molecule has 1 aliphatic carbocycles. The molecule has 6 rings (SSSR count). The molecule has 0 radical (unpaired) electrons. The molecule has 1 aromatic carbocycles. The van der Waals surface area contributed by atoms with Gasteiger partial charge in [0.25, 0.3) is 11.8 Å². The molecule has 2 saturated heterocycles. The summed E-state index contributed by atoms with van der Waals surface area (Å²) in [5, 5.41) is 12.1. The van der Waals surface area contributed by atoms with Crippen LogP contribution >= 0.6 is 0 Å². The number of halogens is 2. The van der Waals surface area contributed by atoms with Gasteiger partial charge in [0.15, 0.2) is 17.3 Å². The fraction of sp³-hybridized carbons (Fsp3) is 0.536. The molecule has 0 bridgehead atoms. The molecule has 3 aromatic rings. The summed E-state index contributed by atoms with van der Waals surface area (Å²) >= 11 is 0. The first kappa shape index (κ1) is 28.6. The van der Waals surface area contributed by atoms with Crippen molar-refractivity contribution in [1.82, 2.24) is 14.4 Å². The Morgan fingerprint density at radius 2 is 1.74 bits per heavy atom. The summed E-state index contributed by atoms with van der Waals surface area (Å²) in [6.45, 7) is 2.93. The van der Waals surface area contributed by atoms with Crippen molar-refractivity contribution in [3.8, 4) is 0 Å². The fourth-order valence-corrected chi connectivity index (χ4v) is 6.80. The van der Waals surface area contributed by atoms with Gasteiger partial charge in [-0.15, -0.1) is 0 Å². The molecule has 0 unspecified atom stereocenters. The molecule has 4 heterocycles. The standard InChI is InChI=1S/C28H35F2N7O4S/c1-19-16-20(22(17-21(19)34-42(40,41)15-14-38)35-9-4-27(2-3-27)5-10-35)26(39)33-23-18-37-13-8-31-24(37)25(32-23)36-11-6-28(29,30)7-12-36/h8,13,16-18,34,38H,2-7,9-12,14-15H2,1H3,(H,33,39). The van der Waals surface area contributed by atoms with Gasteiger partial charge in [0.1, 0.15) is 0 Å². The van der Waals surface area contributed by atoms with Crippen molar-refractivity contribution in [3.05, 3.63) is 41.9 Å². The third-order valence-electron chi connectivity index (χ3n) is 8.73. The minimum absolute atomic E-state index is 0.118. The summed E-state index contributed by atoms with van der Waals surface area (Å²) in [5.41, 5.74) is 2.79. The van der Waals surface area contributed by atoms with E-state index in [2.05, 4.69) is 24.9 Å². The van der Waals surface area contributed by atoms with Crippen LogP contribution in [0, 0.1) is 12.3 Å². The number of benzene rings is 1. The van der Waals surface area contributed by atoms with Crippen LogP contribution in [-0.4, -0.2) is 78.3 Å². The number of nitrogens with one attached hydrogen (secondary N) is 2. The van der Waals surface area contributed by atoms with Crippen molar-refractivity contribution in [1.29, 1.82) is 0 Å². The predicted molar refractivity (Wildman–Crippen MR) is 156 cm³/mol. The number of imidazole rings is 1. The predicted octanol–water partition coefficient (Wildman–Crippen LogP) is 3.64. The van der Waals surface area contributed by atoms with Crippen molar-refractivity contribution in [3.63, 3.8) is 0 Å². The number of fused-ring (bicyclic) bond motifs is 1. The Balaban J connectivity index is 1.32. The Morgan fingerprint density at radius 1 is 1.05 bits per heavy atom.